The molecule has 96 valence electrons. The first-order chi connectivity index (χ1) is 8.84. The first-order valence-electron chi connectivity index (χ1n) is 6.64. The SMILES string of the molecule is O=C(NC1CCCC1)N1CCSc2ccccc21. The number of carbonyl (C=O) groups is 1. The molecule has 1 N–H and O–H groups in total. The summed E-state index contributed by atoms with van der Waals surface area (Å²) in [6, 6.07) is 8.63. The molecular formula is C14H18N2OS. The van der Waals surface area contributed by atoms with Crippen LogP contribution in [0.4, 0.5) is 10.5 Å². The van der Waals surface area contributed by atoms with Gasteiger partial charge in [-0.05, 0) is 25.0 Å². The lowest BCUT2D eigenvalue weighted by Crippen LogP contribution is -2.46. The highest BCUT2D eigenvalue weighted by Crippen LogP contribution is 2.34. The van der Waals surface area contributed by atoms with Crippen molar-refractivity contribution in [3.8, 4) is 0 Å². The van der Waals surface area contributed by atoms with Gasteiger partial charge in [-0.1, -0.05) is 25.0 Å². The van der Waals surface area contributed by atoms with Crippen molar-refractivity contribution in [3.05, 3.63) is 24.3 Å². The summed E-state index contributed by atoms with van der Waals surface area (Å²) >= 11 is 1.83. The third kappa shape index (κ3) is 2.34. The molecule has 1 aromatic rings. The second kappa shape index (κ2) is 5.22. The van der Waals surface area contributed by atoms with Crippen LogP contribution < -0.4 is 10.2 Å². The number of fused-ring (bicyclic) bond motifs is 1. The highest BCUT2D eigenvalue weighted by molar-refractivity contribution is 7.99. The van der Waals surface area contributed by atoms with Crippen molar-refractivity contribution >= 4 is 23.5 Å². The van der Waals surface area contributed by atoms with E-state index in [9.17, 15) is 4.79 Å². The molecule has 0 saturated heterocycles. The molecule has 2 amide bonds. The fourth-order valence-corrected chi connectivity index (χ4v) is 3.70. The van der Waals surface area contributed by atoms with E-state index in [1.165, 1.54) is 17.7 Å². The van der Waals surface area contributed by atoms with Gasteiger partial charge < -0.3 is 5.32 Å². The van der Waals surface area contributed by atoms with Crippen molar-refractivity contribution in [1.29, 1.82) is 0 Å². The molecule has 0 aromatic heterocycles. The van der Waals surface area contributed by atoms with E-state index in [2.05, 4.69) is 11.4 Å². The van der Waals surface area contributed by atoms with Crippen LogP contribution in [0.15, 0.2) is 29.2 Å². The van der Waals surface area contributed by atoms with Gasteiger partial charge in [0.1, 0.15) is 0 Å². The van der Waals surface area contributed by atoms with Crippen LogP contribution in [0.25, 0.3) is 0 Å². The van der Waals surface area contributed by atoms with Crippen LogP contribution >= 0.6 is 11.8 Å². The standard InChI is InChI=1S/C14H18N2OS/c17-14(15-11-5-1-2-6-11)16-9-10-18-13-8-4-3-7-12(13)16/h3-4,7-8,11H,1-2,5-6,9-10H2,(H,15,17). The molecule has 4 heteroatoms. The Bertz CT molecular complexity index is 443. The molecule has 1 saturated carbocycles. The lowest BCUT2D eigenvalue weighted by atomic mass is 10.2. The Labute approximate surface area is 112 Å². The van der Waals surface area contributed by atoms with Gasteiger partial charge in [-0.2, -0.15) is 0 Å². The maximum Gasteiger partial charge on any atom is 0.322 e. The first kappa shape index (κ1) is 11.9. The molecule has 3 nitrogen and oxygen atoms in total. The predicted octanol–water partition coefficient (Wildman–Crippen LogP) is 3.25. The maximum absolute atomic E-state index is 12.3. The van der Waals surface area contributed by atoms with E-state index in [1.54, 1.807) is 0 Å². The summed E-state index contributed by atoms with van der Waals surface area (Å²) in [5, 5.41) is 3.17. The molecule has 3 rings (SSSR count). The lowest BCUT2D eigenvalue weighted by molar-refractivity contribution is 0.243. The third-order valence-electron chi connectivity index (χ3n) is 3.66. The van der Waals surface area contributed by atoms with E-state index in [1.807, 2.05) is 34.9 Å². The summed E-state index contributed by atoms with van der Waals surface area (Å²) in [5.41, 5.74) is 1.06. The normalized spacial score (nSPS) is 19.7. The van der Waals surface area contributed by atoms with Crippen molar-refractivity contribution < 1.29 is 4.79 Å². The number of hydrogen-bond acceptors (Lipinski definition) is 2. The molecule has 1 aliphatic heterocycles. The lowest BCUT2D eigenvalue weighted by Gasteiger charge is -2.30. The molecule has 0 radical (unpaired) electrons. The first-order valence-corrected chi connectivity index (χ1v) is 7.63. The minimum atomic E-state index is 0.0784. The van der Waals surface area contributed by atoms with E-state index >= 15 is 0 Å². The molecule has 0 bridgehead atoms. The maximum atomic E-state index is 12.3. The molecular weight excluding hydrogens is 244 g/mol. The number of anilines is 1. The summed E-state index contributed by atoms with van der Waals surface area (Å²) in [4.78, 5) is 15.4. The average molecular weight is 262 g/mol. The molecule has 1 aromatic carbocycles. The average Bonchev–Trinajstić information content (AvgIpc) is 2.91. The molecule has 0 spiro atoms. The van der Waals surface area contributed by atoms with Crippen LogP contribution in [0.2, 0.25) is 0 Å². The Morgan fingerprint density at radius 2 is 2.06 bits per heavy atom. The third-order valence-corrected chi connectivity index (χ3v) is 4.70. The molecule has 1 heterocycles. The number of nitrogens with one attached hydrogen (secondary N) is 1. The van der Waals surface area contributed by atoms with E-state index in [4.69, 9.17) is 0 Å². The highest BCUT2D eigenvalue weighted by atomic mass is 32.2. The molecule has 0 unspecified atom stereocenters. The number of hydrogen-bond donors (Lipinski definition) is 1. The van der Waals surface area contributed by atoms with E-state index in [0.717, 1.165) is 30.8 Å². The smallest absolute Gasteiger partial charge is 0.322 e. The van der Waals surface area contributed by atoms with Gasteiger partial charge >= 0.3 is 6.03 Å². The number of carbonyl (C=O) groups excluding carboxylic acids is 1. The highest BCUT2D eigenvalue weighted by Gasteiger charge is 2.25. The number of urea groups is 1. The van der Waals surface area contributed by atoms with Crippen LogP contribution in [0.3, 0.4) is 0 Å². The fourth-order valence-electron chi connectivity index (χ4n) is 2.70. The van der Waals surface area contributed by atoms with Crippen molar-refractivity contribution in [2.45, 2.75) is 36.6 Å². The summed E-state index contributed by atoms with van der Waals surface area (Å²) in [5.74, 6) is 0.981. The van der Waals surface area contributed by atoms with Gasteiger partial charge in [-0.15, -0.1) is 11.8 Å². The van der Waals surface area contributed by atoms with Crippen LogP contribution in [-0.4, -0.2) is 24.4 Å². The minimum Gasteiger partial charge on any atom is -0.335 e. The summed E-state index contributed by atoms with van der Waals surface area (Å²) in [6.45, 7) is 0.806. The van der Waals surface area contributed by atoms with Gasteiger partial charge in [0.2, 0.25) is 0 Å². The zero-order valence-electron chi connectivity index (χ0n) is 10.4. The zero-order valence-corrected chi connectivity index (χ0v) is 11.2. The molecule has 0 atom stereocenters. The number of benzene rings is 1. The fraction of sp³-hybridized carbons (Fsp3) is 0.500. The summed E-state index contributed by atoms with van der Waals surface area (Å²) in [6.07, 6.45) is 4.76. The Morgan fingerprint density at radius 3 is 2.89 bits per heavy atom. The van der Waals surface area contributed by atoms with E-state index < -0.39 is 0 Å². The second-order valence-corrected chi connectivity index (χ2v) is 6.04. The number of para-hydroxylation sites is 1. The van der Waals surface area contributed by atoms with Crippen molar-refractivity contribution in [1.82, 2.24) is 5.32 Å². The quantitative estimate of drug-likeness (QED) is 0.842. The van der Waals surface area contributed by atoms with Gasteiger partial charge in [-0.25, -0.2) is 4.79 Å². The largest absolute Gasteiger partial charge is 0.335 e. The van der Waals surface area contributed by atoms with Crippen molar-refractivity contribution in [2.24, 2.45) is 0 Å². The van der Waals surface area contributed by atoms with Gasteiger partial charge in [0.25, 0.3) is 0 Å². The topological polar surface area (TPSA) is 32.3 Å². The van der Waals surface area contributed by atoms with Crippen LogP contribution in [-0.2, 0) is 0 Å². The Morgan fingerprint density at radius 1 is 1.28 bits per heavy atom. The zero-order chi connectivity index (χ0) is 12.4. The molecule has 1 aliphatic carbocycles. The number of amides is 2. The van der Waals surface area contributed by atoms with Gasteiger partial charge in [0.05, 0.1) is 5.69 Å². The predicted molar refractivity (Wildman–Crippen MR) is 75.3 cm³/mol. The van der Waals surface area contributed by atoms with Crippen molar-refractivity contribution in [2.75, 3.05) is 17.2 Å². The van der Waals surface area contributed by atoms with E-state index in [0.29, 0.717) is 6.04 Å². The summed E-state index contributed by atoms with van der Waals surface area (Å²) < 4.78 is 0. The molecule has 1 fully saturated rings. The summed E-state index contributed by atoms with van der Waals surface area (Å²) in [7, 11) is 0. The monoisotopic (exact) mass is 262 g/mol. The number of nitrogens with zero attached hydrogens (tertiary/aromatic N) is 1. The molecule has 2 aliphatic rings. The van der Waals surface area contributed by atoms with Crippen LogP contribution in [0, 0.1) is 0 Å². The van der Waals surface area contributed by atoms with Crippen LogP contribution in [0.5, 0.6) is 0 Å². The van der Waals surface area contributed by atoms with Crippen molar-refractivity contribution in [3.63, 3.8) is 0 Å². The Hall–Kier alpha value is -1.16. The van der Waals surface area contributed by atoms with E-state index in [-0.39, 0.29) is 6.03 Å². The minimum absolute atomic E-state index is 0.0784. The Kier molecular flexibility index (Phi) is 3.46. The van der Waals surface area contributed by atoms with Gasteiger partial charge in [0.15, 0.2) is 0 Å². The van der Waals surface area contributed by atoms with Gasteiger partial charge in [-0.3, -0.25) is 4.90 Å². The second-order valence-electron chi connectivity index (χ2n) is 4.90. The van der Waals surface area contributed by atoms with Crippen LogP contribution in [0.1, 0.15) is 25.7 Å². The van der Waals surface area contributed by atoms with Gasteiger partial charge in [0, 0.05) is 23.2 Å². The number of rotatable bonds is 1. The number of thioether (sulfide) groups is 1. The Balaban J connectivity index is 1.74. The molecule has 18 heavy (non-hydrogen) atoms.